The molecule has 40 heavy (non-hydrogen) atoms. The van der Waals surface area contributed by atoms with Gasteiger partial charge in [0.1, 0.15) is 11.9 Å². The molecule has 6 heteroatoms. The fraction of sp³-hybridized carbons (Fsp3) is 0.853. The van der Waals surface area contributed by atoms with Crippen LogP contribution in [0.5, 0.6) is 0 Å². The molecule has 0 aliphatic heterocycles. The summed E-state index contributed by atoms with van der Waals surface area (Å²) >= 11 is 0. The molecule has 0 aromatic rings. The molecule has 6 nitrogen and oxygen atoms in total. The van der Waals surface area contributed by atoms with Crippen LogP contribution in [0.1, 0.15) is 121 Å². The Morgan fingerprint density at radius 1 is 1.02 bits per heavy atom. The van der Waals surface area contributed by atoms with E-state index in [-0.39, 0.29) is 27.6 Å². The Bertz CT molecular complexity index is 1070. The fourth-order valence-electron chi connectivity index (χ4n) is 10.3. The van der Waals surface area contributed by atoms with Crippen molar-refractivity contribution < 1.29 is 29.0 Å². The Morgan fingerprint density at radius 3 is 2.23 bits per heavy atom. The Kier molecular flexibility index (Phi) is 8.00. The van der Waals surface area contributed by atoms with E-state index in [2.05, 4.69) is 47.6 Å². The van der Waals surface area contributed by atoms with Crippen LogP contribution in [0.15, 0.2) is 11.6 Å². The molecule has 4 rings (SSSR count). The summed E-state index contributed by atoms with van der Waals surface area (Å²) in [7, 11) is 0. The third-order valence-electron chi connectivity index (χ3n) is 12.6. The lowest BCUT2D eigenvalue weighted by Crippen LogP contribution is -2.57. The third-order valence-corrected chi connectivity index (χ3v) is 12.6. The van der Waals surface area contributed by atoms with Gasteiger partial charge in [-0.1, -0.05) is 53.2 Å². The quantitative estimate of drug-likeness (QED) is 0.272. The van der Waals surface area contributed by atoms with Gasteiger partial charge in [-0.25, -0.2) is 0 Å². The van der Waals surface area contributed by atoms with E-state index < -0.39 is 29.7 Å². The molecule has 0 radical (unpaired) electrons. The van der Waals surface area contributed by atoms with Gasteiger partial charge in [-0.15, -0.1) is 0 Å². The number of hydrogen-bond acceptors (Lipinski definition) is 6. The zero-order valence-corrected chi connectivity index (χ0v) is 26.7. The van der Waals surface area contributed by atoms with Gasteiger partial charge in [-0.2, -0.15) is 0 Å². The predicted molar refractivity (Wildman–Crippen MR) is 155 cm³/mol. The highest BCUT2D eigenvalue weighted by molar-refractivity contribution is 5.85. The van der Waals surface area contributed by atoms with Crippen LogP contribution in [0.25, 0.3) is 0 Å². The topological polar surface area (TPSA) is 89.9 Å². The second-order valence-corrected chi connectivity index (χ2v) is 15.6. The Balaban J connectivity index is 1.62. The molecule has 0 bridgehead atoms. The smallest absolute Gasteiger partial charge is 0.303 e. The highest BCUT2D eigenvalue weighted by Crippen LogP contribution is 2.73. The summed E-state index contributed by atoms with van der Waals surface area (Å²) in [6.07, 6.45) is 8.56. The van der Waals surface area contributed by atoms with Crippen molar-refractivity contribution in [3.8, 4) is 0 Å². The molecule has 226 valence electrons. The monoisotopic (exact) mass is 558 g/mol. The van der Waals surface area contributed by atoms with Crippen molar-refractivity contribution in [1.82, 2.24) is 0 Å². The lowest BCUT2D eigenvalue weighted by atomic mass is 9.41. The second kappa shape index (κ2) is 10.2. The number of carbonyl (C=O) groups is 3. The lowest BCUT2D eigenvalue weighted by Gasteiger charge is -2.63. The Labute approximate surface area is 242 Å². The zero-order chi connectivity index (χ0) is 30.1. The molecule has 0 saturated heterocycles. The predicted octanol–water partition coefficient (Wildman–Crippen LogP) is 6.82. The fourth-order valence-corrected chi connectivity index (χ4v) is 10.3. The van der Waals surface area contributed by atoms with Crippen LogP contribution in [-0.4, -0.2) is 40.6 Å². The standard InChI is InChI=1S/C34H54O6/c1-20(19-26(39-21(2)35)29(31(6,7)38)40-22(3)36)23-13-17-34(10)25-11-12-27-30(4,5)28(37)15-16-32(27,8)24(25)14-18-33(23,34)9/h11,20,23-24,26-27,29,38H,12-19H2,1-10H3/t20?,23-,24?,26+,27?,29-,32+,33-,34+/m0/s1. The van der Waals surface area contributed by atoms with Crippen molar-refractivity contribution in [3.05, 3.63) is 11.6 Å². The van der Waals surface area contributed by atoms with Crippen LogP contribution in [-0.2, 0) is 23.9 Å². The van der Waals surface area contributed by atoms with Crippen molar-refractivity contribution in [1.29, 1.82) is 0 Å². The molecule has 9 atom stereocenters. The van der Waals surface area contributed by atoms with E-state index in [1.165, 1.54) is 13.8 Å². The molecule has 0 heterocycles. The van der Waals surface area contributed by atoms with Crippen LogP contribution in [0, 0.1) is 45.3 Å². The number of esters is 2. The molecule has 3 unspecified atom stereocenters. The minimum absolute atomic E-state index is 0.0802. The van der Waals surface area contributed by atoms with Gasteiger partial charge >= 0.3 is 11.9 Å². The maximum Gasteiger partial charge on any atom is 0.303 e. The van der Waals surface area contributed by atoms with E-state index in [0.29, 0.717) is 36.4 Å². The second-order valence-electron chi connectivity index (χ2n) is 15.6. The van der Waals surface area contributed by atoms with E-state index in [4.69, 9.17) is 9.47 Å². The maximum atomic E-state index is 12.9. The van der Waals surface area contributed by atoms with Crippen molar-refractivity contribution in [2.24, 2.45) is 45.3 Å². The number of rotatable bonds is 7. The largest absolute Gasteiger partial charge is 0.458 e. The Morgan fingerprint density at radius 2 is 1.65 bits per heavy atom. The molecule has 0 spiro atoms. The summed E-state index contributed by atoms with van der Waals surface area (Å²) in [5.74, 6) is 1.00. The number of Topliss-reactive ketones (excluding diaryl/α,β-unsaturated/α-hetero) is 1. The average Bonchev–Trinajstić information content (AvgIpc) is 3.10. The molecule has 1 N–H and O–H groups in total. The molecular weight excluding hydrogens is 504 g/mol. The summed E-state index contributed by atoms with van der Waals surface area (Å²) in [4.78, 5) is 37.0. The zero-order valence-electron chi connectivity index (χ0n) is 26.7. The Hall–Kier alpha value is -1.69. The van der Waals surface area contributed by atoms with Crippen LogP contribution in [0.3, 0.4) is 0 Å². The van der Waals surface area contributed by atoms with Gasteiger partial charge in [0.05, 0.1) is 5.60 Å². The van der Waals surface area contributed by atoms with Crippen LogP contribution >= 0.6 is 0 Å². The maximum absolute atomic E-state index is 12.9. The highest BCUT2D eigenvalue weighted by Gasteiger charge is 2.65. The minimum atomic E-state index is -1.36. The van der Waals surface area contributed by atoms with Crippen molar-refractivity contribution in [2.45, 2.75) is 138 Å². The molecule has 4 aliphatic rings. The first-order valence-corrected chi connectivity index (χ1v) is 15.6. The molecule has 4 aliphatic carbocycles. The van der Waals surface area contributed by atoms with Gasteiger partial charge in [-0.3, -0.25) is 14.4 Å². The summed E-state index contributed by atoms with van der Waals surface area (Å²) in [5.41, 5.74) is 0.326. The third kappa shape index (κ3) is 4.88. The van der Waals surface area contributed by atoms with Crippen molar-refractivity contribution in [3.63, 3.8) is 0 Å². The first kappa shape index (κ1) is 31.3. The number of hydrogen-bond donors (Lipinski definition) is 1. The molecule has 3 saturated carbocycles. The van der Waals surface area contributed by atoms with Crippen molar-refractivity contribution >= 4 is 17.7 Å². The van der Waals surface area contributed by atoms with Gasteiger partial charge in [0, 0.05) is 25.7 Å². The molecule has 0 amide bonds. The van der Waals surface area contributed by atoms with Gasteiger partial charge in [0.15, 0.2) is 6.10 Å². The first-order valence-electron chi connectivity index (χ1n) is 15.6. The average molecular weight is 559 g/mol. The van der Waals surface area contributed by atoms with Crippen molar-refractivity contribution in [2.75, 3.05) is 0 Å². The highest BCUT2D eigenvalue weighted by atomic mass is 16.6. The summed E-state index contributed by atoms with van der Waals surface area (Å²) in [5, 5.41) is 10.9. The molecule has 0 aromatic heterocycles. The number of aliphatic hydroxyl groups is 1. The first-order chi connectivity index (χ1) is 18.3. The summed E-state index contributed by atoms with van der Waals surface area (Å²) in [6.45, 7) is 19.9. The SMILES string of the molecule is CC(=O)O[C@H](CC(C)[C@@H]1CC[C@]2(C)C3=CCC4C(C)(C)C(=O)CC[C@]4(C)C3CC[C@@]12C)[C@H](OC(C)=O)C(C)(C)O. The van der Waals surface area contributed by atoms with E-state index in [0.717, 1.165) is 38.5 Å². The van der Waals surface area contributed by atoms with E-state index in [1.807, 2.05) is 0 Å². The number of carbonyl (C=O) groups excluding carboxylic acids is 3. The number of ether oxygens (including phenoxy) is 2. The van der Waals surface area contributed by atoms with Gasteiger partial charge in [0.25, 0.3) is 0 Å². The number of fused-ring (bicyclic) bond motifs is 5. The molecule has 0 aromatic carbocycles. The summed E-state index contributed by atoms with van der Waals surface area (Å²) in [6, 6.07) is 0. The molecular formula is C34H54O6. The van der Waals surface area contributed by atoms with Gasteiger partial charge in [-0.05, 0) is 98.7 Å². The summed E-state index contributed by atoms with van der Waals surface area (Å²) < 4.78 is 11.3. The van der Waals surface area contributed by atoms with E-state index in [9.17, 15) is 19.5 Å². The number of ketones is 1. The van der Waals surface area contributed by atoms with Gasteiger partial charge in [0.2, 0.25) is 0 Å². The van der Waals surface area contributed by atoms with Crippen LogP contribution in [0.4, 0.5) is 0 Å². The molecule has 3 fully saturated rings. The van der Waals surface area contributed by atoms with E-state index in [1.54, 1.807) is 19.4 Å². The van der Waals surface area contributed by atoms with Crippen LogP contribution < -0.4 is 0 Å². The van der Waals surface area contributed by atoms with E-state index >= 15 is 0 Å². The minimum Gasteiger partial charge on any atom is -0.458 e. The van der Waals surface area contributed by atoms with Crippen LogP contribution in [0.2, 0.25) is 0 Å². The lowest BCUT2D eigenvalue weighted by molar-refractivity contribution is -0.187. The van der Waals surface area contributed by atoms with Gasteiger partial charge < -0.3 is 14.6 Å². The number of allylic oxidation sites excluding steroid dienone is 2. The normalized spacial score (nSPS) is 39.1.